The van der Waals surface area contributed by atoms with Crippen molar-refractivity contribution < 1.29 is 24.2 Å². The highest BCUT2D eigenvalue weighted by Crippen LogP contribution is 2.24. The molecule has 1 aromatic rings. The normalized spacial score (nSPS) is 15.6. The third-order valence-corrected chi connectivity index (χ3v) is 5.88. The van der Waals surface area contributed by atoms with E-state index in [4.69, 9.17) is 9.47 Å². The lowest BCUT2D eigenvalue weighted by Gasteiger charge is -2.31. The third-order valence-electron chi connectivity index (χ3n) is 5.88. The number of hydrogen-bond donors (Lipinski definition) is 2. The Morgan fingerprint density at radius 1 is 1.15 bits per heavy atom. The average Bonchev–Trinajstić information content (AvgIpc) is 2.77. The van der Waals surface area contributed by atoms with Gasteiger partial charge in [-0.2, -0.15) is 0 Å². The number of aliphatic carboxylic acids is 1. The Morgan fingerprint density at radius 3 is 2.39 bits per heavy atom. The first-order chi connectivity index (χ1) is 15.7. The number of ether oxygens (including phenoxy) is 2. The molecule has 1 aliphatic carbocycles. The molecule has 0 aromatic heterocycles. The van der Waals surface area contributed by atoms with Crippen molar-refractivity contribution >= 4 is 12.0 Å². The quantitative estimate of drug-likeness (QED) is 0.469. The molecule has 0 bridgehead atoms. The van der Waals surface area contributed by atoms with Crippen LogP contribution >= 0.6 is 0 Å². The van der Waals surface area contributed by atoms with Gasteiger partial charge in [0.2, 0.25) is 0 Å². The number of carboxylic acid groups (broad SMARTS) is 1. The van der Waals surface area contributed by atoms with E-state index in [1.54, 1.807) is 6.92 Å². The molecule has 1 aliphatic rings. The molecule has 2 rings (SSSR count). The standard InChI is InChI=1S/C26H42N2O5/c1-5-32-23(24(29)30)17-20-11-13-22(14-12-20)33-16-15-28(18-21-9-7-6-8-10-21)25(31)27-19-26(2,3)4/h11-14,21,23H,5-10,15-19H2,1-4H3,(H,27,31)(H,29,30). The summed E-state index contributed by atoms with van der Waals surface area (Å²) in [7, 11) is 0. The van der Waals surface area contributed by atoms with Gasteiger partial charge in [-0.3, -0.25) is 0 Å². The summed E-state index contributed by atoms with van der Waals surface area (Å²) in [6.45, 7) is 10.8. The minimum absolute atomic E-state index is 0.0231. The van der Waals surface area contributed by atoms with Gasteiger partial charge in [0, 0.05) is 26.1 Å². The number of carbonyl (C=O) groups is 2. The summed E-state index contributed by atoms with van der Waals surface area (Å²) in [5.41, 5.74) is 0.912. The maximum Gasteiger partial charge on any atom is 0.333 e. The van der Waals surface area contributed by atoms with Crippen molar-refractivity contribution in [1.29, 1.82) is 0 Å². The highest BCUT2D eigenvalue weighted by atomic mass is 16.5. The first kappa shape index (κ1) is 27.0. The van der Waals surface area contributed by atoms with Gasteiger partial charge in [-0.1, -0.05) is 52.2 Å². The average molecular weight is 463 g/mol. The molecular formula is C26H42N2O5. The van der Waals surface area contributed by atoms with Gasteiger partial charge in [0.1, 0.15) is 12.4 Å². The van der Waals surface area contributed by atoms with E-state index in [9.17, 15) is 14.7 Å². The molecule has 33 heavy (non-hydrogen) atoms. The molecule has 1 unspecified atom stereocenters. The number of carboxylic acids is 1. The number of amides is 2. The van der Waals surface area contributed by atoms with Gasteiger partial charge >= 0.3 is 12.0 Å². The number of nitrogens with zero attached hydrogens (tertiary/aromatic N) is 1. The van der Waals surface area contributed by atoms with Crippen LogP contribution in [0.25, 0.3) is 0 Å². The fourth-order valence-corrected chi connectivity index (χ4v) is 4.04. The lowest BCUT2D eigenvalue weighted by Crippen LogP contribution is -2.46. The number of hydrogen-bond acceptors (Lipinski definition) is 4. The van der Waals surface area contributed by atoms with Crippen LogP contribution in [-0.2, 0) is 16.0 Å². The minimum Gasteiger partial charge on any atom is -0.492 e. The Balaban J connectivity index is 1.89. The first-order valence-electron chi connectivity index (χ1n) is 12.3. The Hall–Kier alpha value is -2.28. The maximum atomic E-state index is 12.9. The van der Waals surface area contributed by atoms with Crippen LogP contribution in [0.15, 0.2) is 24.3 Å². The Kier molecular flexibility index (Phi) is 11.0. The summed E-state index contributed by atoms with van der Waals surface area (Å²) in [5, 5.41) is 12.3. The fourth-order valence-electron chi connectivity index (χ4n) is 4.04. The molecular weight excluding hydrogens is 420 g/mol. The van der Waals surface area contributed by atoms with Crippen LogP contribution in [0, 0.1) is 11.3 Å². The maximum absolute atomic E-state index is 12.9. The van der Waals surface area contributed by atoms with Crippen LogP contribution < -0.4 is 10.1 Å². The molecule has 1 fully saturated rings. The predicted molar refractivity (Wildman–Crippen MR) is 130 cm³/mol. The van der Waals surface area contributed by atoms with E-state index in [0.717, 1.165) is 12.1 Å². The monoisotopic (exact) mass is 462 g/mol. The number of nitrogens with one attached hydrogen (secondary N) is 1. The van der Waals surface area contributed by atoms with Crippen molar-refractivity contribution in [1.82, 2.24) is 10.2 Å². The van der Waals surface area contributed by atoms with Crippen molar-refractivity contribution in [2.24, 2.45) is 11.3 Å². The molecule has 1 aromatic carbocycles. The summed E-state index contributed by atoms with van der Waals surface area (Å²) in [6.07, 6.45) is 5.63. The fraction of sp³-hybridized carbons (Fsp3) is 0.692. The molecule has 0 radical (unpaired) electrons. The highest BCUT2D eigenvalue weighted by Gasteiger charge is 2.22. The van der Waals surface area contributed by atoms with Crippen LogP contribution in [0.1, 0.15) is 65.4 Å². The molecule has 0 spiro atoms. The molecule has 1 atom stereocenters. The second kappa shape index (κ2) is 13.4. The zero-order valence-electron chi connectivity index (χ0n) is 20.8. The zero-order valence-corrected chi connectivity index (χ0v) is 20.8. The van der Waals surface area contributed by atoms with E-state index in [-0.39, 0.29) is 11.4 Å². The zero-order chi connectivity index (χ0) is 24.3. The first-order valence-corrected chi connectivity index (χ1v) is 12.3. The van der Waals surface area contributed by atoms with Gasteiger partial charge in [0.05, 0.1) is 6.54 Å². The van der Waals surface area contributed by atoms with Crippen LogP contribution in [0.5, 0.6) is 5.75 Å². The van der Waals surface area contributed by atoms with Gasteiger partial charge in [-0.15, -0.1) is 0 Å². The molecule has 0 saturated heterocycles. The van der Waals surface area contributed by atoms with Gasteiger partial charge in [-0.05, 0) is 48.8 Å². The van der Waals surface area contributed by atoms with E-state index in [1.807, 2.05) is 29.2 Å². The van der Waals surface area contributed by atoms with Crippen LogP contribution in [0.3, 0.4) is 0 Å². The SMILES string of the molecule is CCOC(Cc1ccc(OCCN(CC2CCCCC2)C(=O)NCC(C)(C)C)cc1)C(=O)O. The third kappa shape index (κ3) is 10.5. The van der Waals surface area contributed by atoms with E-state index in [0.29, 0.717) is 44.4 Å². The molecule has 7 heteroatoms. The number of carbonyl (C=O) groups excluding carboxylic acids is 1. The van der Waals surface area contributed by atoms with Crippen LogP contribution in [0.2, 0.25) is 0 Å². The number of benzene rings is 1. The summed E-state index contributed by atoms with van der Waals surface area (Å²) in [5.74, 6) is 0.306. The Bertz CT molecular complexity index is 723. The topological polar surface area (TPSA) is 88.1 Å². The van der Waals surface area contributed by atoms with Gasteiger partial charge in [-0.25, -0.2) is 9.59 Å². The van der Waals surface area contributed by atoms with E-state index >= 15 is 0 Å². The molecule has 186 valence electrons. The lowest BCUT2D eigenvalue weighted by molar-refractivity contribution is -0.149. The van der Waals surface area contributed by atoms with Crippen molar-refractivity contribution in [3.8, 4) is 5.75 Å². The lowest BCUT2D eigenvalue weighted by atomic mass is 9.89. The molecule has 0 heterocycles. The van der Waals surface area contributed by atoms with Crippen LogP contribution in [0.4, 0.5) is 4.79 Å². The largest absolute Gasteiger partial charge is 0.492 e. The van der Waals surface area contributed by atoms with Gasteiger partial charge in [0.15, 0.2) is 6.10 Å². The Morgan fingerprint density at radius 2 is 1.82 bits per heavy atom. The Labute approximate surface area is 198 Å². The molecule has 2 N–H and O–H groups in total. The van der Waals surface area contributed by atoms with Crippen molar-refractivity contribution in [2.45, 2.75) is 72.3 Å². The number of rotatable bonds is 12. The van der Waals surface area contributed by atoms with E-state index in [1.165, 1.54) is 32.1 Å². The van der Waals surface area contributed by atoms with Crippen LogP contribution in [-0.4, -0.2) is 61.0 Å². The molecule has 1 saturated carbocycles. The second-order valence-corrected chi connectivity index (χ2v) is 10.1. The van der Waals surface area contributed by atoms with Crippen molar-refractivity contribution in [3.63, 3.8) is 0 Å². The highest BCUT2D eigenvalue weighted by molar-refractivity contribution is 5.74. The second-order valence-electron chi connectivity index (χ2n) is 10.1. The van der Waals surface area contributed by atoms with E-state index < -0.39 is 12.1 Å². The molecule has 0 aliphatic heterocycles. The van der Waals surface area contributed by atoms with E-state index in [2.05, 4.69) is 26.1 Å². The predicted octanol–water partition coefficient (Wildman–Crippen LogP) is 4.74. The molecule has 2 amide bonds. The van der Waals surface area contributed by atoms with Crippen molar-refractivity contribution in [2.75, 3.05) is 32.8 Å². The summed E-state index contributed by atoms with van der Waals surface area (Å²) >= 11 is 0. The summed E-state index contributed by atoms with van der Waals surface area (Å²) in [6, 6.07) is 7.38. The smallest absolute Gasteiger partial charge is 0.333 e. The minimum atomic E-state index is -0.958. The van der Waals surface area contributed by atoms with Gasteiger partial charge in [0.25, 0.3) is 0 Å². The van der Waals surface area contributed by atoms with Gasteiger partial charge < -0.3 is 24.8 Å². The molecule has 7 nitrogen and oxygen atoms in total. The van der Waals surface area contributed by atoms with Crippen molar-refractivity contribution in [3.05, 3.63) is 29.8 Å². The summed E-state index contributed by atoms with van der Waals surface area (Å²) in [4.78, 5) is 26.0. The number of urea groups is 1. The summed E-state index contributed by atoms with van der Waals surface area (Å²) < 4.78 is 11.2.